The minimum Gasteiger partial charge on any atom is -0.502 e. The third kappa shape index (κ3) is 5.50. The summed E-state index contributed by atoms with van der Waals surface area (Å²) in [5, 5.41) is 35.3. The average Bonchev–Trinajstić information content (AvgIpc) is 2.67. The number of phenolic OH excluding ortho intramolecular Hbond substituents is 1. The quantitative estimate of drug-likeness (QED) is 0.380. The van der Waals surface area contributed by atoms with Crippen molar-refractivity contribution in [1.82, 2.24) is 5.43 Å². The highest BCUT2D eigenvalue weighted by molar-refractivity contribution is 5.88. The molecule has 2 aromatic carbocycles. The SMILES string of the molecule is Cc1ccc(C(C)C)c(OCC(=O)N/N=C/c2cc([N+](=O)[O-])cc([N+](=O)[O-])c2O)c1. The lowest BCUT2D eigenvalue weighted by molar-refractivity contribution is -0.394. The third-order valence-corrected chi connectivity index (χ3v) is 4.05. The van der Waals surface area contributed by atoms with Gasteiger partial charge >= 0.3 is 5.69 Å². The number of phenols is 1. The Balaban J connectivity index is 2.09. The fourth-order valence-electron chi connectivity index (χ4n) is 2.56. The summed E-state index contributed by atoms with van der Waals surface area (Å²) in [4.78, 5) is 32.0. The van der Waals surface area contributed by atoms with Crippen molar-refractivity contribution in [3.63, 3.8) is 0 Å². The van der Waals surface area contributed by atoms with Gasteiger partial charge in [0, 0.05) is 6.07 Å². The molecule has 11 nitrogen and oxygen atoms in total. The lowest BCUT2D eigenvalue weighted by Crippen LogP contribution is -2.25. The maximum Gasteiger partial charge on any atom is 0.318 e. The number of hydrogen-bond donors (Lipinski definition) is 2. The van der Waals surface area contributed by atoms with E-state index in [9.17, 15) is 30.1 Å². The van der Waals surface area contributed by atoms with Gasteiger partial charge in [-0.15, -0.1) is 0 Å². The van der Waals surface area contributed by atoms with E-state index in [1.54, 1.807) is 0 Å². The van der Waals surface area contributed by atoms with Gasteiger partial charge in [-0.2, -0.15) is 5.10 Å². The number of hydrazone groups is 1. The zero-order valence-corrected chi connectivity index (χ0v) is 16.5. The molecule has 0 heterocycles. The standard InChI is InChI=1S/C19H20N4O7/c1-11(2)15-5-4-12(3)6-17(15)30-10-18(24)21-20-9-13-7-14(22(26)27)8-16(19(13)25)23(28)29/h4-9,11,25H,10H2,1-3H3,(H,21,24)/b20-9+. The van der Waals surface area contributed by atoms with Gasteiger partial charge in [-0.1, -0.05) is 26.0 Å². The number of nitrogens with one attached hydrogen (secondary N) is 1. The van der Waals surface area contributed by atoms with Crippen LogP contribution >= 0.6 is 0 Å². The Morgan fingerprint density at radius 2 is 1.93 bits per heavy atom. The number of non-ortho nitro benzene ring substituents is 1. The maximum absolute atomic E-state index is 12.0. The van der Waals surface area contributed by atoms with Crippen LogP contribution < -0.4 is 10.2 Å². The van der Waals surface area contributed by atoms with E-state index in [1.807, 2.05) is 39.0 Å². The number of ether oxygens (including phenoxy) is 1. The van der Waals surface area contributed by atoms with E-state index < -0.39 is 32.9 Å². The topological polar surface area (TPSA) is 157 Å². The summed E-state index contributed by atoms with van der Waals surface area (Å²) in [6.07, 6.45) is 0.874. The molecule has 0 fully saturated rings. The molecule has 0 aromatic heterocycles. The smallest absolute Gasteiger partial charge is 0.318 e. The highest BCUT2D eigenvalue weighted by Gasteiger charge is 2.23. The van der Waals surface area contributed by atoms with E-state index in [1.165, 1.54) is 0 Å². The first kappa shape index (κ1) is 22.3. The predicted molar refractivity (Wildman–Crippen MR) is 108 cm³/mol. The van der Waals surface area contributed by atoms with Gasteiger partial charge in [0.15, 0.2) is 6.61 Å². The summed E-state index contributed by atoms with van der Waals surface area (Å²) in [5.74, 6) is -0.673. The number of nitro benzene ring substituents is 2. The van der Waals surface area contributed by atoms with Gasteiger partial charge in [0.25, 0.3) is 11.6 Å². The zero-order valence-electron chi connectivity index (χ0n) is 16.5. The first-order valence-electron chi connectivity index (χ1n) is 8.81. The van der Waals surface area contributed by atoms with Gasteiger partial charge in [0.05, 0.1) is 27.7 Å². The lowest BCUT2D eigenvalue weighted by Gasteiger charge is -2.14. The summed E-state index contributed by atoms with van der Waals surface area (Å²) in [5.41, 5.74) is 2.31. The van der Waals surface area contributed by atoms with Crippen molar-refractivity contribution < 1.29 is 24.5 Å². The lowest BCUT2D eigenvalue weighted by atomic mass is 10.0. The Morgan fingerprint density at radius 1 is 1.23 bits per heavy atom. The second kappa shape index (κ2) is 9.45. The molecule has 1 amide bonds. The van der Waals surface area contributed by atoms with Crippen molar-refractivity contribution in [2.45, 2.75) is 26.7 Å². The number of benzene rings is 2. The number of carbonyl (C=O) groups is 1. The van der Waals surface area contributed by atoms with E-state index in [0.29, 0.717) is 11.8 Å². The first-order valence-corrected chi connectivity index (χ1v) is 8.81. The molecule has 0 atom stereocenters. The number of hydrogen-bond acceptors (Lipinski definition) is 8. The van der Waals surface area contributed by atoms with Crippen molar-refractivity contribution in [1.29, 1.82) is 0 Å². The minimum atomic E-state index is -0.958. The Hall–Kier alpha value is -4.02. The molecule has 0 aliphatic rings. The van der Waals surface area contributed by atoms with Crippen molar-refractivity contribution in [3.05, 3.63) is 67.3 Å². The molecular formula is C19H20N4O7. The highest BCUT2D eigenvalue weighted by atomic mass is 16.6. The molecule has 11 heteroatoms. The number of amides is 1. The van der Waals surface area contributed by atoms with Crippen LogP contribution in [0.3, 0.4) is 0 Å². The van der Waals surface area contributed by atoms with E-state index in [0.717, 1.165) is 23.4 Å². The summed E-state index contributed by atoms with van der Waals surface area (Å²) in [6.45, 7) is 5.53. The summed E-state index contributed by atoms with van der Waals surface area (Å²) in [7, 11) is 0. The summed E-state index contributed by atoms with van der Waals surface area (Å²) in [6, 6.07) is 7.20. The molecule has 0 bridgehead atoms. The monoisotopic (exact) mass is 416 g/mol. The summed E-state index contributed by atoms with van der Waals surface area (Å²) < 4.78 is 5.55. The highest BCUT2D eigenvalue weighted by Crippen LogP contribution is 2.33. The van der Waals surface area contributed by atoms with Gasteiger partial charge in [-0.05, 0) is 30.0 Å². The number of aromatic hydroxyl groups is 1. The fourth-order valence-corrected chi connectivity index (χ4v) is 2.56. The van der Waals surface area contributed by atoms with E-state index in [-0.39, 0.29) is 18.1 Å². The zero-order chi connectivity index (χ0) is 22.4. The third-order valence-electron chi connectivity index (χ3n) is 4.05. The Morgan fingerprint density at radius 3 is 2.53 bits per heavy atom. The van der Waals surface area contributed by atoms with Crippen molar-refractivity contribution in [3.8, 4) is 11.5 Å². The van der Waals surface area contributed by atoms with Gasteiger partial charge < -0.3 is 9.84 Å². The molecule has 2 aromatic rings. The van der Waals surface area contributed by atoms with Crippen molar-refractivity contribution in [2.24, 2.45) is 5.10 Å². The molecule has 0 unspecified atom stereocenters. The molecular weight excluding hydrogens is 396 g/mol. The average molecular weight is 416 g/mol. The predicted octanol–water partition coefficient (Wildman–Crippen LogP) is 3.17. The van der Waals surface area contributed by atoms with Crippen LogP contribution in [0.5, 0.6) is 11.5 Å². The van der Waals surface area contributed by atoms with Crippen molar-refractivity contribution >= 4 is 23.5 Å². The number of nitro groups is 2. The minimum absolute atomic E-state index is 0.189. The van der Waals surface area contributed by atoms with Crippen LogP contribution in [-0.2, 0) is 4.79 Å². The number of rotatable bonds is 8. The normalized spacial score (nSPS) is 10.9. The Labute approximate surface area is 171 Å². The largest absolute Gasteiger partial charge is 0.502 e. The second-order valence-electron chi connectivity index (χ2n) is 6.69. The molecule has 0 aliphatic heterocycles. The van der Waals surface area contributed by atoms with E-state index in [4.69, 9.17) is 4.74 Å². The first-order chi connectivity index (χ1) is 14.1. The Bertz CT molecular complexity index is 1020. The van der Waals surface area contributed by atoms with Crippen LogP contribution in [0.25, 0.3) is 0 Å². The van der Waals surface area contributed by atoms with Crippen LogP contribution in [0.4, 0.5) is 11.4 Å². The van der Waals surface area contributed by atoms with Crippen LogP contribution in [0.2, 0.25) is 0 Å². The van der Waals surface area contributed by atoms with E-state index in [2.05, 4.69) is 10.5 Å². The van der Waals surface area contributed by atoms with Crippen LogP contribution in [0.1, 0.15) is 36.5 Å². The molecule has 2 rings (SSSR count). The van der Waals surface area contributed by atoms with Gasteiger partial charge in [0.1, 0.15) is 5.75 Å². The molecule has 0 radical (unpaired) electrons. The van der Waals surface area contributed by atoms with Gasteiger partial charge in [-0.3, -0.25) is 25.0 Å². The molecule has 0 spiro atoms. The van der Waals surface area contributed by atoms with Crippen LogP contribution in [-0.4, -0.2) is 33.7 Å². The van der Waals surface area contributed by atoms with Crippen LogP contribution in [0, 0.1) is 27.2 Å². The molecule has 0 aliphatic carbocycles. The second-order valence-corrected chi connectivity index (χ2v) is 6.69. The number of aryl methyl sites for hydroxylation is 1. The molecule has 0 saturated heterocycles. The van der Waals surface area contributed by atoms with Crippen molar-refractivity contribution in [2.75, 3.05) is 6.61 Å². The van der Waals surface area contributed by atoms with Gasteiger partial charge in [-0.25, -0.2) is 5.43 Å². The van der Waals surface area contributed by atoms with Crippen LogP contribution in [0.15, 0.2) is 35.4 Å². The molecule has 158 valence electrons. The molecule has 30 heavy (non-hydrogen) atoms. The maximum atomic E-state index is 12.0. The molecule has 0 saturated carbocycles. The summed E-state index contributed by atoms with van der Waals surface area (Å²) >= 11 is 0. The number of nitrogens with zero attached hydrogens (tertiary/aromatic N) is 3. The molecule has 2 N–H and O–H groups in total. The number of carbonyl (C=O) groups excluding carboxylic acids is 1. The fraction of sp³-hybridized carbons (Fsp3) is 0.263. The Kier molecular flexibility index (Phi) is 7.02. The van der Waals surface area contributed by atoms with E-state index >= 15 is 0 Å². The van der Waals surface area contributed by atoms with Gasteiger partial charge in [0.2, 0.25) is 5.75 Å².